The molecule has 0 radical (unpaired) electrons. The molecule has 148 valence electrons. The van der Waals surface area contributed by atoms with Gasteiger partial charge in [0.1, 0.15) is 6.04 Å². The van der Waals surface area contributed by atoms with Gasteiger partial charge in [0, 0.05) is 0 Å². The first kappa shape index (κ1) is 20.9. The Balaban J connectivity index is 2.12. The van der Waals surface area contributed by atoms with E-state index in [1.54, 1.807) is 30.3 Å². The Morgan fingerprint density at radius 3 is 2.36 bits per heavy atom. The largest absolute Gasteiger partial charge is 0.504 e. The van der Waals surface area contributed by atoms with Gasteiger partial charge in [-0.15, -0.1) is 0 Å². The van der Waals surface area contributed by atoms with Crippen molar-refractivity contribution in [2.45, 2.75) is 31.9 Å². The molecule has 2 aromatic rings. The smallest absolute Gasteiger partial charge is 0.355 e. The van der Waals surface area contributed by atoms with Crippen molar-refractivity contribution in [3.63, 3.8) is 0 Å². The molecule has 0 saturated carbocycles. The fourth-order valence-corrected chi connectivity index (χ4v) is 2.24. The van der Waals surface area contributed by atoms with Crippen LogP contribution in [0.2, 0.25) is 0 Å². The highest BCUT2D eigenvalue weighted by atomic mass is 16.6. The second kappa shape index (κ2) is 8.53. The molecule has 1 unspecified atom stereocenters. The van der Waals surface area contributed by atoms with Crippen LogP contribution in [-0.2, 0) is 20.7 Å². The fourth-order valence-electron chi connectivity index (χ4n) is 2.24. The van der Waals surface area contributed by atoms with Crippen LogP contribution < -0.4 is 10.5 Å². The van der Waals surface area contributed by atoms with Crippen molar-refractivity contribution in [1.82, 2.24) is 0 Å². The Kier molecular flexibility index (Phi) is 6.37. The maximum atomic E-state index is 12.5. The van der Waals surface area contributed by atoms with Crippen LogP contribution in [0.25, 0.3) is 0 Å². The molecule has 2 aromatic carbocycles. The van der Waals surface area contributed by atoms with Crippen LogP contribution in [-0.4, -0.2) is 39.8 Å². The van der Waals surface area contributed by atoms with E-state index in [0.29, 0.717) is 5.56 Å². The highest BCUT2D eigenvalue weighted by Crippen LogP contribution is 2.29. The number of ether oxygens (including phenoxy) is 2. The Morgan fingerprint density at radius 1 is 1.11 bits per heavy atom. The minimum atomic E-state index is -1.63. The lowest BCUT2D eigenvalue weighted by Crippen LogP contribution is -2.40. The summed E-state index contributed by atoms with van der Waals surface area (Å²) in [6, 6.07) is 11.0. The van der Waals surface area contributed by atoms with Gasteiger partial charge in [0.15, 0.2) is 11.5 Å². The van der Waals surface area contributed by atoms with Gasteiger partial charge in [-0.25, -0.2) is 9.59 Å². The molecule has 4 N–H and O–H groups in total. The van der Waals surface area contributed by atoms with E-state index in [9.17, 15) is 19.5 Å². The van der Waals surface area contributed by atoms with Gasteiger partial charge in [0.2, 0.25) is 5.60 Å². The first-order chi connectivity index (χ1) is 13.1. The Labute approximate surface area is 161 Å². The molecule has 8 nitrogen and oxygen atoms in total. The third kappa shape index (κ3) is 5.31. The maximum Gasteiger partial charge on any atom is 0.355 e. The van der Waals surface area contributed by atoms with Crippen molar-refractivity contribution in [3.05, 3.63) is 59.7 Å². The number of benzene rings is 2. The fraction of sp³-hybridized carbons (Fsp3) is 0.250. The number of hydrogen-bond donors (Lipinski definition) is 3. The third-order valence-corrected chi connectivity index (χ3v) is 3.85. The molecule has 28 heavy (non-hydrogen) atoms. The summed E-state index contributed by atoms with van der Waals surface area (Å²) in [5.74, 6) is -3.31. The zero-order chi connectivity index (χ0) is 20.9. The van der Waals surface area contributed by atoms with Gasteiger partial charge in [0.25, 0.3) is 0 Å². The number of carbonyl (C=O) groups excluding carboxylic acids is 2. The highest BCUT2D eigenvalue weighted by molar-refractivity contribution is 5.92. The van der Waals surface area contributed by atoms with E-state index in [1.165, 1.54) is 32.0 Å². The van der Waals surface area contributed by atoms with Crippen LogP contribution in [0.4, 0.5) is 0 Å². The van der Waals surface area contributed by atoms with Crippen molar-refractivity contribution in [3.8, 4) is 11.5 Å². The second-order valence-corrected chi connectivity index (χ2v) is 6.61. The SMILES string of the molecule is CC(C)(OC(=O)c1ccccc1)C(=O)Oc1cc(CC(N)C(=O)O)ccc1O. The summed E-state index contributed by atoms with van der Waals surface area (Å²) in [5, 5.41) is 18.8. The molecule has 2 rings (SSSR count). The van der Waals surface area contributed by atoms with Crippen LogP contribution in [0.3, 0.4) is 0 Å². The van der Waals surface area contributed by atoms with E-state index in [0.717, 1.165) is 0 Å². The van der Waals surface area contributed by atoms with E-state index in [4.69, 9.17) is 20.3 Å². The number of hydrogen-bond acceptors (Lipinski definition) is 7. The average Bonchev–Trinajstić information content (AvgIpc) is 2.64. The molecule has 0 fully saturated rings. The van der Waals surface area contributed by atoms with Crippen LogP contribution in [0.15, 0.2) is 48.5 Å². The topological polar surface area (TPSA) is 136 Å². The standard InChI is InChI=1S/C20H21NO7/c1-20(2,28-18(25)13-6-4-3-5-7-13)19(26)27-16-11-12(8-9-15(16)22)10-14(21)17(23)24/h3-9,11,14,22H,10,21H2,1-2H3,(H,23,24). The third-order valence-electron chi connectivity index (χ3n) is 3.85. The zero-order valence-corrected chi connectivity index (χ0v) is 15.4. The van der Waals surface area contributed by atoms with Crippen molar-refractivity contribution in [2.75, 3.05) is 0 Å². The Hall–Kier alpha value is -3.39. The van der Waals surface area contributed by atoms with Crippen molar-refractivity contribution < 1.29 is 34.1 Å². The van der Waals surface area contributed by atoms with E-state index >= 15 is 0 Å². The summed E-state index contributed by atoms with van der Waals surface area (Å²) in [6.45, 7) is 2.72. The number of aliphatic carboxylic acids is 1. The first-order valence-electron chi connectivity index (χ1n) is 8.41. The molecular weight excluding hydrogens is 366 g/mol. The van der Waals surface area contributed by atoms with Gasteiger partial charge in [-0.2, -0.15) is 0 Å². The van der Waals surface area contributed by atoms with Gasteiger partial charge in [-0.3, -0.25) is 4.79 Å². The molecule has 0 aliphatic rings. The van der Waals surface area contributed by atoms with E-state index in [2.05, 4.69) is 0 Å². The number of carboxylic acids is 1. The normalized spacial score (nSPS) is 12.1. The summed E-state index contributed by atoms with van der Waals surface area (Å²) >= 11 is 0. The van der Waals surface area contributed by atoms with Crippen LogP contribution in [0.1, 0.15) is 29.8 Å². The Bertz CT molecular complexity index is 877. The van der Waals surface area contributed by atoms with Gasteiger partial charge < -0.3 is 25.4 Å². The summed E-state index contributed by atoms with van der Waals surface area (Å²) in [7, 11) is 0. The minimum absolute atomic E-state index is 0.0213. The minimum Gasteiger partial charge on any atom is -0.504 e. The number of aromatic hydroxyl groups is 1. The number of carboxylic acid groups (broad SMARTS) is 1. The van der Waals surface area contributed by atoms with Crippen molar-refractivity contribution >= 4 is 17.9 Å². The van der Waals surface area contributed by atoms with E-state index in [1.807, 2.05) is 0 Å². The quantitative estimate of drug-likeness (QED) is 0.484. The molecular formula is C20H21NO7. The predicted molar refractivity (Wildman–Crippen MR) is 99.0 cm³/mol. The lowest BCUT2D eigenvalue weighted by atomic mass is 10.1. The molecule has 0 spiro atoms. The molecule has 0 aliphatic carbocycles. The van der Waals surface area contributed by atoms with Gasteiger partial charge in [-0.05, 0) is 50.1 Å². The molecule has 0 heterocycles. The predicted octanol–water partition coefficient (Wildman–Crippen LogP) is 1.89. The summed E-state index contributed by atoms with van der Waals surface area (Å²) in [5.41, 5.74) is 4.59. The molecule has 0 aliphatic heterocycles. The molecule has 1 atom stereocenters. The lowest BCUT2D eigenvalue weighted by molar-refractivity contribution is -0.152. The van der Waals surface area contributed by atoms with Crippen LogP contribution in [0.5, 0.6) is 11.5 Å². The molecule has 0 bridgehead atoms. The van der Waals surface area contributed by atoms with E-state index < -0.39 is 29.6 Å². The van der Waals surface area contributed by atoms with Crippen LogP contribution in [0, 0.1) is 0 Å². The monoisotopic (exact) mass is 387 g/mol. The van der Waals surface area contributed by atoms with Crippen LogP contribution >= 0.6 is 0 Å². The van der Waals surface area contributed by atoms with Gasteiger partial charge in [-0.1, -0.05) is 24.3 Å². The second-order valence-electron chi connectivity index (χ2n) is 6.61. The van der Waals surface area contributed by atoms with Gasteiger partial charge >= 0.3 is 17.9 Å². The van der Waals surface area contributed by atoms with Crippen molar-refractivity contribution in [2.24, 2.45) is 5.73 Å². The maximum absolute atomic E-state index is 12.5. The van der Waals surface area contributed by atoms with E-state index in [-0.39, 0.29) is 23.5 Å². The number of carbonyl (C=O) groups is 3. The first-order valence-corrected chi connectivity index (χ1v) is 8.41. The lowest BCUT2D eigenvalue weighted by Gasteiger charge is -2.23. The molecule has 0 amide bonds. The molecule has 0 aromatic heterocycles. The number of esters is 2. The Morgan fingerprint density at radius 2 is 1.75 bits per heavy atom. The number of rotatable bonds is 7. The number of phenolic OH excluding ortho intramolecular Hbond substituents is 1. The number of phenols is 1. The summed E-state index contributed by atoms with van der Waals surface area (Å²) < 4.78 is 10.4. The summed E-state index contributed by atoms with van der Waals surface area (Å²) in [4.78, 5) is 35.5. The highest BCUT2D eigenvalue weighted by Gasteiger charge is 2.35. The van der Waals surface area contributed by atoms with Gasteiger partial charge in [0.05, 0.1) is 5.56 Å². The average molecular weight is 387 g/mol. The van der Waals surface area contributed by atoms with Crippen molar-refractivity contribution in [1.29, 1.82) is 0 Å². The molecule has 0 saturated heterocycles. The number of nitrogens with two attached hydrogens (primary N) is 1. The molecule has 8 heteroatoms. The summed E-state index contributed by atoms with van der Waals surface area (Å²) in [6.07, 6.45) is -0.0213. The zero-order valence-electron chi connectivity index (χ0n) is 15.4.